The van der Waals surface area contributed by atoms with Gasteiger partial charge >= 0.3 is 6.01 Å². The summed E-state index contributed by atoms with van der Waals surface area (Å²) in [6, 6.07) is 7.95. The standard InChI is InChI=1S/C42H42F3N5O4/c1-3-30-33(44)8-5-23-13-29(52)14-31(34(23)30)35-37(45)38-36(32-11-22(2)54-39(32)35)40(47-41(46-38)53-21-42-9-4-10-49(42)17-26(43)15-42)48-18-27-6-7-28(19-48)50(27)16-24-12-25(24)20-51/h1,5,8,11,13-14,24-28,51-52H,4,6-7,9-10,12,15-21H2,2H3/t24?,25?,26-,27-,28+,42+/m1/s1. The molecule has 0 spiro atoms. The van der Waals surface area contributed by atoms with E-state index in [-0.39, 0.29) is 70.2 Å². The molecule has 4 saturated heterocycles. The van der Waals surface area contributed by atoms with Gasteiger partial charge in [-0.15, -0.1) is 6.42 Å². The first-order chi connectivity index (χ1) is 26.1. The predicted octanol–water partition coefficient (Wildman–Crippen LogP) is 6.71. The summed E-state index contributed by atoms with van der Waals surface area (Å²) in [5.41, 5.74) is -0.147. The number of aromatic nitrogens is 2. The number of halogens is 3. The van der Waals surface area contributed by atoms with Gasteiger partial charge in [-0.25, -0.2) is 13.2 Å². The molecule has 6 heterocycles. The third-order valence-electron chi connectivity index (χ3n) is 13.0. The molecular weight excluding hydrogens is 695 g/mol. The number of hydrogen-bond donors (Lipinski definition) is 2. The Balaban J connectivity index is 1.15. The van der Waals surface area contributed by atoms with E-state index in [1.807, 2.05) is 6.07 Å². The van der Waals surface area contributed by atoms with Crippen LogP contribution in [0.2, 0.25) is 0 Å². The summed E-state index contributed by atoms with van der Waals surface area (Å²) in [5.74, 6) is 2.84. The van der Waals surface area contributed by atoms with Crippen LogP contribution in [0, 0.1) is 42.7 Å². The molecule has 2 aromatic heterocycles. The van der Waals surface area contributed by atoms with Gasteiger partial charge in [0.05, 0.1) is 22.1 Å². The van der Waals surface area contributed by atoms with Gasteiger partial charge in [-0.3, -0.25) is 9.80 Å². The number of piperazine rings is 1. The molecule has 2 unspecified atom stereocenters. The van der Waals surface area contributed by atoms with E-state index in [2.05, 4.69) is 20.6 Å². The van der Waals surface area contributed by atoms with E-state index in [1.165, 1.54) is 24.3 Å². The van der Waals surface area contributed by atoms with E-state index in [0.717, 1.165) is 45.2 Å². The van der Waals surface area contributed by atoms with Crippen LogP contribution in [0.5, 0.6) is 11.8 Å². The Morgan fingerprint density at radius 2 is 1.89 bits per heavy atom. The van der Waals surface area contributed by atoms with Gasteiger partial charge in [0.1, 0.15) is 47.0 Å². The zero-order valence-electron chi connectivity index (χ0n) is 30.1. The average Bonchev–Trinajstić information content (AvgIpc) is 3.28. The van der Waals surface area contributed by atoms with Crippen LogP contribution in [0.1, 0.15) is 49.8 Å². The molecule has 1 aliphatic carbocycles. The minimum atomic E-state index is -0.940. The Morgan fingerprint density at radius 1 is 1.07 bits per heavy atom. The van der Waals surface area contributed by atoms with Gasteiger partial charge in [0.25, 0.3) is 0 Å². The van der Waals surface area contributed by atoms with Crippen molar-refractivity contribution in [1.82, 2.24) is 19.8 Å². The number of nitrogens with zero attached hydrogens (tertiary/aromatic N) is 5. The van der Waals surface area contributed by atoms with Crippen molar-refractivity contribution in [1.29, 1.82) is 0 Å². The highest BCUT2D eigenvalue weighted by molar-refractivity contribution is 6.18. The van der Waals surface area contributed by atoms with Gasteiger partial charge in [-0.1, -0.05) is 12.0 Å². The number of aliphatic hydroxyl groups excluding tert-OH is 1. The van der Waals surface area contributed by atoms with Crippen LogP contribution >= 0.6 is 0 Å². The van der Waals surface area contributed by atoms with Crippen LogP contribution in [-0.2, 0) is 0 Å². The monoisotopic (exact) mass is 737 g/mol. The molecule has 0 radical (unpaired) electrons. The Bertz CT molecular complexity index is 2380. The first kappa shape index (κ1) is 34.0. The lowest BCUT2D eigenvalue weighted by Gasteiger charge is -2.42. The Labute approximate surface area is 310 Å². The molecule has 4 aliphatic heterocycles. The van der Waals surface area contributed by atoms with Gasteiger partial charge in [0.15, 0.2) is 5.82 Å². The number of aryl methyl sites for hydroxylation is 1. The second-order valence-electron chi connectivity index (χ2n) is 16.3. The smallest absolute Gasteiger partial charge is 0.319 e. The van der Waals surface area contributed by atoms with E-state index >= 15 is 8.78 Å². The maximum atomic E-state index is 17.7. The van der Waals surface area contributed by atoms with E-state index in [9.17, 15) is 14.6 Å². The molecular formula is C42H42F3N5O4. The number of aliphatic hydroxyl groups is 1. The van der Waals surface area contributed by atoms with Crippen molar-refractivity contribution in [2.24, 2.45) is 11.8 Å². The molecule has 2 N–H and O–H groups in total. The number of benzene rings is 3. The number of phenols is 1. The predicted molar refractivity (Wildman–Crippen MR) is 199 cm³/mol. The van der Waals surface area contributed by atoms with Gasteiger partial charge < -0.3 is 24.3 Å². The van der Waals surface area contributed by atoms with E-state index in [4.69, 9.17) is 25.5 Å². The minimum Gasteiger partial charge on any atom is -0.508 e. The normalized spacial score (nSPS) is 28.1. The summed E-state index contributed by atoms with van der Waals surface area (Å²) in [7, 11) is 0. The lowest BCUT2D eigenvalue weighted by atomic mass is 9.91. The highest BCUT2D eigenvalue weighted by atomic mass is 19.1. The van der Waals surface area contributed by atoms with Crippen LogP contribution in [0.3, 0.4) is 0 Å². The zero-order chi connectivity index (χ0) is 37.0. The highest BCUT2D eigenvalue weighted by Gasteiger charge is 2.50. The second kappa shape index (κ2) is 12.5. The minimum absolute atomic E-state index is 0.000111. The number of anilines is 1. The molecule has 5 aromatic rings. The van der Waals surface area contributed by atoms with E-state index < -0.39 is 23.3 Å². The Kier molecular flexibility index (Phi) is 7.85. The number of terminal acetylenes is 1. The van der Waals surface area contributed by atoms with Gasteiger partial charge in [0, 0.05) is 67.6 Å². The molecule has 6 atom stereocenters. The number of ether oxygens (including phenoxy) is 1. The molecule has 12 heteroatoms. The molecule has 280 valence electrons. The summed E-state index contributed by atoms with van der Waals surface area (Å²) in [6.45, 7) is 5.65. The first-order valence-corrected chi connectivity index (χ1v) is 19.1. The van der Waals surface area contributed by atoms with Crippen LogP contribution in [0.4, 0.5) is 19.0 Å². The fourth-order valence-electron chi connectivity index (χ4n) is 10.4. The van der Waals surface area contributed by atoms with Crippen molar-refractivity contribution in [3.63, 3.8) is 0 Å². The number of aromatic hydroxyl groups is 1. The molecule has 54 heavy (non-hydrogen) atoms. The zero-order valence-corrected chi connectivity index (χ0v) is 30.1. The summed E-state index contributed by atoms with van der Waals surface area (Å²) in [5, 5.41) is 22.3. The molecule has 0 amide bonds. The molecule has 5 aliphatic rings. The number of hydrogen-bond acceptors (Lipinski definition) is 9. The largest absolute Gasteiger partial charge is 0.508 e. The number of fused-ring (bicyclic) bond motifs is 7. The van der Waals surface area contributed by atoms with Crippen molar-refractivity contribution < 1.29 is 32.5 Å². The molecule has 10 rings (SSSR count). The number of alkyl halides is 1. The van der Waals surface area contributed by atoms with Crippen molar-refractivity contribution >= 4 is 38.5 Å². The molecule has 2 bridgehead atoms. The van der Waals surface area contributed by atoms with Crippen LogP contribution in [-0.4, -0.2) is 99.7 Å². The van der Waals surface area contributed by atoms with Crippen molar-refractivity contribution in [3.05, 3.63) is 53.3 Å². The maximum absolute atomic E-state index is 17.7. The quantitative estimate of drug-likeness (QED) is 0.169. The van der Waals surface area contributed by atoms with Crippen molar-refractivity contribution in [3.8, 4) is 35.2 Å². The highest BCUT2D eigenvalue weighted by Crippen LogP contribution is 2.48. The van der Waals surface area contributed by atoms with E-state index in [0.29, 0.717) is 65.6 Å². The Hall–Kier alpha value is -4.57. The summed E-state index contributed by atoms with van der Waals surface area (Å²) in [6.07, 6.45) is 10.1. The van der Waals surface area contributed by atoms with Crippen molar-refractivity contribution in [2.45, 2.75) is 69.2 Å². The molecule has 5 fully saturated rings. The molecule has 1 saturated carbocycles. The third-order valence-corrected chi connectivity index (χ3v) is 13.0. The SMILES string of the molecule is C#Cc1c(F)ccc2cc(O)cc(-c3c(F)c4nc(OC[C@@]56CCCN5C[C@H](F)C6)nc(N5C[C@H]6CC[C@@H](C5)N6CC5CC5CO)c4c4cc(C)oc34)c12. The van der Waals surface area contributed by atoms with Crippen LogP contribution in [0.25, 0.3) is 43.8 Å². The average molecular weight is 738 g/mol. The van der Waals surface area contributed by atoms with Crippen LogP contribution < -0.4 is 9.64 Å². The first-order valence-electron chi connectivity index (χ1n) is 19.1. The van der Waals surface area contributed by atoms with Crippen molar-refractivity contribution in [2.75, 3.05) is 50.8 Å². The number of rotatable bonds is 8. The number of phenolic OH excluding ortho intramolecular Hbond substituents is 1. The maximum Gasteiger partial charge on any atom is 0.319 e. The second-order valence-corrected chi connectivity index (χ2v) is 16.3. The lowest BCUT2D eigenvalue weighted by molar-refractivity contribution is 0.107. The lowest BCUT2D eigenvalue weighted by Crippen LogP contribution is -2.54. The van der Waals surface area contributed by atoms with Crippen LogP contribution in [0.15, 0.2) is 34.7 Å². The van der Waals surface area contributed by atoms with Gasteiger partial charge in [0.2, 0.25) is 0 Å². The topological polar surface area (TPSA) is 98.3 Å². The molecule has 3 aromatic carbocycles. The fourth-order valence-corrected chi connectivity index (χ4v) is 10.4. The van der Waals surface area contributed by atoms with Gasteiger partial charge in [-0.05, 0) is 87.1 Å². The molecule has 9 nitrogen and oxygen atoms in total. The number of furan rings is 1. The fraction of sp³-hybridized carbons (Fsp3) is 0.476. The third kappa shape index (κ3) is 5.26. The summed E-state index contributed by atoms with van der Waals surface area (Å²) >= 11 is 0. The van der Waals surface area contributed by atoms with Gasteiger partial charge in [-0.2, -0.15) is 9.97 Å². The van der Waals surface area contributed by atoms with E-state index in [1.54, 1.807) is 6.92 Å². The Morgan fingerprint density at radius 3 is 2.65 bits per heavy atom. The summed E-state index contributed by atoms with van der Waals surface area (Å²) < 4.78 is 60.4. The summed E-state index contributed by atoms with van der Waals surface area (Å²) in [4.78, 5) is 16.8.